The van der Waals surface area contributed by atoms with Crippen molar-refractivity contribution in [2.75, 3.05) is 25.9 Å². The van der Waals surface area contributed by atoms with Gasteiger partial charge in [-0.1, -0.05) is 29.8 Å². The van der Waals surface area contributed by atoms with E-state index in [9.17, 15) is 13.2 Å². The summed E-state index contributed by atoms with van der Waals surface area (Å²) in [6, 6.07) is 7.30. The minimum atomic E-state index is -3.09. The second-order valence-electron chi connectivity index (χ2n) is 5.68. The number of amides is 1. The van der Waals surface area contributed by atoms with Gasteiger partial charge in [0.05, 0.1) is 12.7 Å². The fraction of sp³-hybridized carbons (Fsp3) is 0.533. The van der Waals surface area contributed by atoms with Gasteiger partial charge in [-0.25, -0.2) is 12.7 Å². The smallest absolute Gasteiger partial charge is 0.224 e. The first kappa shape index (κ1) is 17.2. The Bertz CT molecular complexity index is 625. The van der Waals surface area contributed by atoms with Crippen molar-refractivity contribution in [2.45, 2.75) is 19.3 Å². The number of hydrogen-bond acceptors (Lipinski definition) is 3. The number of halogens is 1. The fourth-order valence-corrected chi connectivity index (χ4v) is 3.66. The van der Waals surface area contributed by atoms with Crippen LogP contribution in [0.15, 0.2) is 24.3 Å². The topological polar surface area (TPSA) is 66.5 Å². The van der Waals surface area contributed by atoms with Gasteiger partial charge >= 0.3 is 0 Å². The van der Waals surface area contributed by atoms with Crippen molar-refractivity contribution in [3.05, 3.63) is 34.9 Å². The Kier molecular flexibility index (Phi) is 5.83. The molecule has 1 aromatic carbocycles. The summed E-state index contributed by atoms with van der Waals surface area (Å²) in [4.78, 5) is 12.0. The maximum Gasteiger partial charge on any atom is 0.224 e. The highest BCUT2D eigenvalue weighted by molar-refractivity contribution is 7.88. The van der Waals surface area contributed by atoms with E-state index in [0.29, 0.717) is 30.6 Å². The molecular weight excluding hydrogens is 324 g/mol. The molecule has 1 aliphatic heterocycles. The van der Waals surface area contributed by atoms with Gasteiger partial charge in [0.25, 0.3) is 0 Å². The molecule has 1 N–H and O–H groups in total. The zero-order valence-electron chi connectivity index (χ0n) is 12.6. The second-order valence-corrected chi connectivity index (χ2v) is 8.07. The van der Waals surface area contributed by atoms with E-state index in [0.717, 1.165) is 18.4 Å². The van der Waals surface area contributed by atoms with Crippen LogP contribution < -0.4 is 5.32 Å². The average Bonchev–Trinajstić information content (AvgIpc) is 2.47. The first-order chi connectivity index (χ1) is 10.4. The summed E-state index contributed by atoms with van der Waals surface area (Å²) in [5.74, 6) is 0.270. The zero-order chi connectivity index (χ0) is 16.2. The lowest BCUT2D eigenvalue weighted by Gasteiger charge is -2.30. The molecule has 1 amide bonds. The largest absolute Gasteiger partial charge is 0.356 e. The van der Waals surface area contributed by atoms with E-state index < -0.39 is 10.0 Å². The molecule has 0 atom stereocenters. The van der Waals surface area contributed by atoms with Gasteiger partial charge in [-0.3, -0.25) is 4.79 Å². The standard InChI is InChI=1S/C15H21ClN2O3S/c1-22(20,21)18-8-6-12(7-9-18)11-17-15(19)10-13-4-2-3-5-14(13)16/h2-5,12H,6-11H2,1H3,(H,17,19). The second kappa shape index (κ2) is 7.44. The number of benzene rings is 1. The van der Waals surface area contributed by atoms with Crippen molar-refractivity contribution in [3.63, 3.8) is 0 Å². The van der Waals surface area contributed by atoms with Gasteiger partial charge in [0.1, 0.15) is 0 Å². The van der Waals surface area contributed by atoms with E-state index in [1.165, 1.54) is 10.6 Å². The number of carbonyl (C=O) groups excluding carboxylic acids is 1. The fourth-order valence-electron chi connectivity index (χ4n) is 2.58. The van der Waals surface area contributed by atoms with E-state index in [1.807, 2.05) is 18.2 Å². The van der Waals surface area contributed by atoms with Gasteiger partial charge in [-0.05, 0) is 30.4 Å². The lowest BCUT2D eigenvalue weighted by atomic mass is 9.98. The minimum Gasteiger partial charge on any atom is -0.356 e. The SMILES string of the molecule is CS(=O)(=O)N1CCC(CNC(=O)Cc2ccccc2Cl)CC1. The van der Waals surface area contributed by atoms with Crippen LogP contribution in [0.1, 0.15) is 18.4 Å². The molecule has 1 heterocycles. The van der Waals surface area contributed by atoms with Gasteiger partial charge < -0.3 is 5.32 Å². The Morgan fingerprint density at radius 1 is 1.32 bits per heavy atom. The number of hydrogen-bond donors (Lipinski definition) is 1. The van der Waals surface area contributed by atoms with Gasteiger partial charge in [0.15, 0.2) is 0 Å². The van der Waals surface area contributed by atoms with Crippen molar-refractivity contribution < 1.29 is 13.2 Å². The maximum atomic E-state index is 12.0. The number of piperidine rings is 1. The summed E-state index contributed by atoms with van der Waals surface area (Å²) >= 11 is 6.03. The number of rotatable bonds is 5. The number of sulfonamides is 1. The van der Waals surface area contributed by atoms with Crippen LogP contribution in [0.25, 0.3) is 0 Å². The summed E-state index contributed by atoms with van der Waals surface area (Å²) in [6.07, 6.45) is 3.06. The van der Waals surface area contributed by atoms with Crippen LogP contribution in [0, 0.1) is 5.92 Å². The van der Waals surface area contributed by atoms with Crippen LogP contribution in [-0.2, 0) is 21.2 Å². The molecule has 122 valence electrons. The zero-order valence-corrected chi connectivity index (χ0v) is 14.2. The molecule has 0 saturated carbocycles. The molecule has 0 radical (unpaired) electrons. The molecule has 0 aromatic heterocycles. The normalized spacial score (nSPS) is 17.4. The molecule has 1 fully saturated rings. The summed E-state index contributed by atoms with van der Waals surface area (Å²) in [5.41, 5.74) is 0.813. The van der Waals surface area contributed by atoms with Gasteiger partial charge in [-0.2, -0.15) is 0 Å². The Labute approximate surface area is 136 Å². The van der Waals surface area contributed by atoms with Gasteiger partial charge in [-0.15, -0.1) is 0 Å². The van der Waals surface area contributed by atoms with Crippen molar-refractivity contribution >= 4 is 27.5 Å². The number of nitrogens with one attached hydrogen (secondary N) is 1. The molecular formula is C15H21ClN2O3S. The summed E-state index contributed by atoms with van der Waals surface area (Å²) in [5, 5.41) is 3.51. The highest BCUT2D eigenvalue weighted by atomic mass is 35.5. The summed E-state index contributed by atoms with van der Waals surface area (Å²) < 4.78 is 24.4. The molecule has 0 unspecified atom stereocenters. The highest BCUT2D eigenvalue weighted by Gasteiger charge is 2.24. The monoisotopic (exact) mass is 344 g/mol. The Hall–Kier alpha value is -1.11. The van der Waals surface area contributed by atoms with Crippen molar-refractivity contribution in [1.29, 1.82) is 0 Å². The van der Waals surface area contributed by atoms with Crippen LogP contribution in [0.5, 0.6) is 0 Å². The van der Waals surface area contributed by atoms with Crippen LogP contribution >= 0.6 is 11.6 Å². The molecule has 0 aliphatic carbocycles. The maximum absolute atomic E-state index is 12.0. The van der Waals surface area contributed by atoms with E-state index >= 15 is 0 Å². The molecule has 0 spiro atoms. The van der Waals surface area contributed by atoms with Gasteiger partial charge in [0.2, 0.25) is 15.9 Å². The number of nitrogens with zero attached hydrogens (tertiary/aromatic N) is 1. The Balaban J connectivity index is 1.75. The van der Waals surface area contributed by atoms with Crippen LogP contribution in [0.3, 0.4) is 0 Å². The van der Waals surface area contributed by atoms with E-state index in [4.69, 9.17) is 11.6 Å². The first-order valence-corrected chi connectivity index (χ1v) is 9.54. The van der Waals surface area contributed by atoms with E-state index in [1.54, 1.807) is 6.07 Å². The molecule has 22 heavy (non-hydrogen) atoms. The molecule has 0 bridgehead atoms. The van der Waals surface area contributed by atoms with Crippen LogP contribution in [-0.4, -0.2) is 44.5 Å². The predicted molar refractivity (Wildman–Crippen MR) is 87.3 cm³/mol. The Morgan fingerprint density at radius 2 is 1.95 bits per heavy atom. The Morgan fingerprint density at radius 3 is 2.55 bits per heavy atom. The molecule has 1 aliphatic rings. The van der Waals surface area contributed by atoms with Gasteiger partial charge in [0, 0.05) is 24.7 Å². The molecule has 2 rings (SSSR count). The minimum absolute atomic E-state index is 0.0568. The lowest BCUT2D eigenvalue weighted by Crippen LogP contribution is -2.41. The first-order valence-electron chi connectivity index (χ1n) is 7.31. The highest BCUT2D eigenvalue weighted by Crippen LogP contribution is 2.19. The predicted octanol–water partition coefficient (Wildman–Crippen LogP) is 1.67. The summed E-state index contributed by atoms with van der Waals surface area (Å²) in [7, 11) is -3.09. The van der Waals surface area contributed by atoms with Crippen molar-refractivity contribution in [2.24, 2.45) is 5.92 Å². The quantitative estimate of drug-likeness (QED) is 0.883. The molecule has 1 saturated heterocycles. The van der Waals surface area contributed by atoms with Crippen molar-refractivity contribution in [3.8, 4) is 0 Å². The van der Waals surface area contributed by atoms with Crippen LogP contribution in [0.2, 0.25) is 5.02 Å². The van der Waals surface area contributed by atoms with E-state index in [2.05, 4.69) is 5.32 Å². The third-order valence-corrected chi connectivity index (χ3v) is 5.61. The molecule has 7 heteroatoms. The third-order valence-electron chi connectivity index (χ3n) is 3.94. The van der Waals surface area contributed by atoms with E-state index in [-0.39, 0.29) is 12.3 Å². The van der Waals surface area contributed by atoms with Crippen LogP contribution in [0.4, 0.5) is 0 Å². The third kappa shape index (κ3) is 4.97. The van der Waals surface area contributed by atoms with Crippen molar-refractivity contribution in [1.82, 2.24) is 9.62 Å². The average molecular weight is 345 g/mol. The lowest BCUT2D eigenvalue weighted by molar-refractivity contribution is -0.120. The molecule has 1 aromatic rings. The number of carbonyl (C=O) groups is 1. The molecule has 5 nitrogen and oxygen atoms in total. The summed E-state index contributed by atoms with van der Waals surface area (Å²) in [6.45, 7) is 1.65.